The molecule has 0 unspecified atom stereocenters. The molecule has 15 heavy (non-hydrogen) atoms. The van der Waals surface area contributed by atoms with Crippen LogP contribution in [0.1, 0.15) is 12.8 Å². The molecule has 0 aliphatic rings. The summed E-state index contributed by atoms with van der Waals surface area (Å²) in [6.45, 7) is 0.359. The van der Waals surface area contributed by atoms with Crippen molar-refractivity contribution in [2.75, 3.05) is 6.54 Å². The third kappa shape index (κ3) is 4.25. The first-order valence-corrected chi connectivity index (χ1v) is 7.11. The van der Waals surface area contributed by atoms with E-state index in [1.165, 1.54) is 11.3 Å². The Bertz CT molecular complexity index is 411. The highest BCUT2D eigenvalue weighted by molar-refractivity contribution is 7.91. The zero-order valence-corrected chi connectivity index (χ0v) is 10.4. The summed E-state index contributed by atoms with van der Waals surface area (Å²) in [5.41, 5.74) is 5.29. The number of hydrogen-bond acceptors (Lipinski definition) is 4. The summed E-state index contributed by atoms with van der Waals surface area (Å²) in [6, 6.07) is 3.27. The lowest BCUT2D eigenvalue weighted by Crippen LogP contribution is -2.24. The van der Waals surface area contributed by atoms with Crippen molar-refractivity contribution in [3.63, 3.8) is 0 Å². The maximum absolute atomic E-state index is 11.6. The van der Waals surface area contributed by atoms with Crippen LogP contribution in [0.2, 0.25) is 0 Å². The predicted molar refractivity (Wildman–Crippen MR) is 65.5 cm³/mol. The van der Waals surface area contributed by atoms with E-state index in [9.17, 15) is 8.42 Å². The van der Waals surface area contributed by atoms with Gasteiger partial charge in [0.15, 0.2) is 0 Å². The molecule has 1 aromatic rings. The fourth-order valence-electron chi connectivity index (χ4n) is 0.957. The van der Waals surface area contributed by atoms with Gasteiger partial charge in [-0.1, -0.05) is 18.3 Å². The average Bonchev–Trinajstić information content (AvgIpc) is 2.65. The molecular weight excluding hydrogens is 252 g/mol. The van der Waals surface area contributed by atoms with Crippen LogP contribution in [0.4, 0.5) is 0 Å². The summed E-state index contributed by atoms with van der Waals surface area (Å²) < 4.78 is 26.0. The summed E-state index contributed by atoms with van der Waals surface area (Å²) >= 11 is 5.88. The first kappa shape index (κ1) is 12.6. The molecule has 7 heteroatoms. The lowest BCUT2D eigenvalue weighted by Gasteiger charge is -2.03. The summed E-state index contributed by atoms with van der Waals surface area (Å²) in [6.07, 6.45) is 1.18. The van der Waals surface area contributed by atoms with Crippen LogP contribution in [0.25, 0.3) is 0 Å². The molecular formula is C8H12N2O2S3. The minimum absolute atomic E-state index is 0.331. The normalized spacial score (nSPS) is 11.5. The van der Waals surface area contributed by atoms with Crippen LogP contribution in [0.3, 0.4) is 0 Å². The molecule has 1 rings (SSSR count). The van der Waals surface area contributed by atoms with Gasteiger partial charge in [-0.3, -0.25) is 0 Å². The van der Waals surface area contributed by atoms with Gasteiger partial charge in [-0.2, -0.15) is 0 Å². The zero-order valence-electron chi connectivity index (χ0n) is 7.97. The van der Waals surface area contributed by atoms with Crippen molar-refractivity contribution in [1.29, 1.82) is 0 Å². The number of sulfonamides is 1. The van der Waals surface area contributed by atoms with Crippen LogP contribution in [0.5, 0.6) is 0 Å². The van der Waals surface area contributed by atoms with Gasteiger partial charge in [-0.25, -0.2) is 13.1 Å². The number of nitrogens with two attached hydrogens (primary N) is 1. The molecule has 84 valence electrons. The van der Waals surface area contributed by atoms with Crippen molar-refractivity contribution in [3.8, 4) is 0 Å². The van der Waals surface area contributed by atoms with E-state index in [1.807, 2.05) is 0 Å². The largest absolute Gasteiger partial charge is 0.393 e. The Morgan fingerprint density at radius 1 is 1.60 bits per heavy atom. The Hall–Kier alpha value is -0.500. The van der Waals surface area contributed by atoms with E-state index < -0.39 is 10.0 Å². The van der Waals surface area contributed by atoms with Crippen molar-refractivity contribution in [2.24, 2.45) is 5.73 Å². The Morgan fingerprint density at radius 3 is 2.87 bits per heavy atom. The number of thiophene rings is 1. The molecule has 0 aliphatic carbocycles. The number of nitrogens with one attached hydrogen (secondary N) is 1. The molecule has 0 spiro atoms. The maximum atomic E-state index is 11.6. The third-order valence-electron chi connectivity index (χ3n) is 1.65. The van der Waals surface area contributed by atoms with E-state index in [0.717, 1.165) is 0 Å². The monoisotopic (exact) mass is 264 g/mol. The van der Waals surface area contributed by atoms with Crippen molar-refractivity contribution in [1.82, 2.24) is 4.72 Å². The molecule has 3 N–H and O–H groups in total. The van der Waals surface area contributed by atoms with Crippen molar-refractivity contribution in [2.45, 2.75) is 17.1 Å². The molecule has 0 fully saturated rings. The van der Waals surface area contributed by atoms with Gasteiger partial charge in [0.1, 0.15) is 4.21 Å². The molecule has 0 amide bonds. The molecule has 0 aromatic carbocycles. The van der Waals surface area contributed by atoms with E-state index in [-0.39, 0.29) is 0 Å². The number of thiocarbonyl (C=S) groups is 1. The molecule has 0 aliphatic heterocycles. The zero-order chi connectivity index (χ0) is 11.3. The summed E-state index contributed by atoms with van der Waals surface area (Å²) in [5, 5.41) is 1.73. The van der Waals surface area contributed by atoms with Crippen LogP contribution < -0.4 is 10.5 Å². The minimum Gasteiger partial charge on any atom is -0.393 e. The van der Waals surface area contributed by atoms with Gasteiger partial charge in [0.25, 0.3) is 0 Å². The van der Waals surface area contributed by atoms with E-state index >= 15 is 0 Å². The Kier molecular flexibility index (Phi) is 4.65. The van der Waals surface area contributed by atoms with Crippen molar-refractivity contribution in [3.05, 3.63) is 17.5 Å². The third-order valence-corrected chi connectivity index (χ3v) is 4.71. The van der Waals surface area contributed by atoms with Gasteiger partial charge in [-0.15, -0.1) is 11.3 Å². The summed E-state index contributed by atoms with van der Waals surface area (Å²) in [5.74, 6) is 0. The van der Waals surface area contributed by atoms with Crippen LogP contribution in [0.15, 0.2) is 21.7 Å². The fraction of sp³-hybridized carbons (Fsp3) is 0.375. The quantitative estimate of drug-likeness (QED) is 0.596. The van der Waals surface area contributed by atoms with E-state index in [2.05, 4.69) is 16.9 Å². The number of hydrogen-bond donors (Lipinski definition) is 2. The highest BCUT2D eigenvalue weighted by Crippen LogP contribution is 2.14. The molecule has 0 bridgehead atoms. The second-order valence-electron chi connectivity index (χ2n) is 2.90. The van der Waals surface area contributed by atoms with Crippen LogP contribution in [0, 0.1) is 0 Å². The van der Waals surface area contributed by atoms with Gasteiger partial charge >= 0.3 is 0 Å². The van der Waals surface area contributed by atoms with Crippen molar-refractivity contribution < 1.29 is 8.42 Å². The standard InChI is InChI=1S/C8H12N2O2S3/c9-7(13)3-1-5-10-15(11,12)8-4-2-6-14-8/h2,4,6,10H,1,3,5H2,(H2,9,13). The molecule has 1 heterocycles. The SMILES string of the molecule is NC(=S)CCCNS(=O)(=O)c1cccs1. The van der Waals surface area contributed by atoms with E-state index in [4.69, 9.17) is 5.73 Å². The molecule has 1 aromatic heterocycles. The predicted octanol–water partition coefficient (Wildman–Crippen LogP) is 1.09. The first-order valence-electron chi connectivity index (χ1n) is 4.34. The van der Waals surface area contributed by atoms with Crippen LogP contribution in [-0.4, -0.2) is 20.0 Å². The van der Waals surface area contributed by atoms with E-state index in [0.29, 0.717) is 28.6 Å². The van der Waals surface area contributed by atoms with E-state index in [1.54, 1.807) is 17.5 Å². The smallest absolute Gasteiger partial charge is 0.250 e. The Labute approximate surface area is 98.5 Å². The summed E-state index contributed by atoms with van der Waals surface area (Å²) in [4.78, 5) is 0.408. The van der Waals surface area contributed by atoms with Gasteiger partial charge < -0.3 is 5.73 Å². The highest BCUT2D eigenvalue weighted by Gasteiger charge is 2.13. The number of rotatable bonds is 6. The molecule has 0 radical (unpaired) electrons. The van der Waals surface area contributed by atoms with Gasteiger partial charge in [0.05, 0.1) is 4.99 Å². The van der Waals surface area contributed by atoms with Gasteiger partial charge in [0, 0.05) is 6.54 Å². The Balaban J connectivity index is 2.42. The second kappa shape index (κ2) is 5.55. The fourth-order valence-corrected chi connectivity index (χ4v) is 3.21. The lowest BCUT2D eigenvalue weighted by molar-refractivity contribution is 0.582. The second-order valence-corrected chi connectivity index (χ2v) is 6.37. The maximum Gasteiger partial charge on any atom is 0.250 e. The summed E-state index contributed by atoms with van der Waals surface area (Å²) in [7, 11) is -3.33. The van der Waals surface area contributed by atoms with Gasteiger partial charge in [-0.05, 0) is 24.3 Å². The average molecular weight is 264 g/mol. The van der Waals surface area contributed by atoms with Crippen molar-refractivity contribution >= 4 is 38.6 Å². The molecule has 0 saturated heterocycles. The topological polar surface area (TPSA) is 72.2 Å². The highest BCUT2D eigenvalue weighted by atomic mass is 32.2. The molecule has 4 nitrogen and oxygen atoms in total. The molecule has 0 saturated carbocycles. The first-order chi connectivity index (χ1) is 7.02. The minimum atomic E-state index is -3.33. The lowest BCUT2D eigenvalue weighted by atomic mass is 10.3. The molecule has 0 atom stereocenters. The Morgan fingerprint density at radius 2 is 2.33 bits per heavy atom. The van der Waals surface area contributed by atoms with Gasteiger partial charge in [0.2, 0.25) is 10.0 Å². The van der Waals surface area contributed by atoms with Crippen LogP contribution in [-0.2, 0) is 10.0 Å². The van der Waals surface area contributed by atoms with Crippen LogP contribution >= 0.6 is 23.6 Å².